The van der Waals surface area contributed by atoms with E-state index in [1.54, 1.807) is 5.56 Å². The predicted octanol–water partition coefficient (Wildman–Crippen LogP) is 3.27. The number of hydrogen-bond acceptors (Lipinski definition) is 0. The van der Waals surface area contributed by atoms with Crippen LogP contribution in [0.2, 0.25) is 6.82 Å². The van der Waals surface area contributed by atoms with Crippen LogP contribution in [-0.2, 0) is 6.42 Å². The lowest BCUT2D eigenvalue weighted by atomic mass is 10.1. The quantitative estimate of drug-likeness (QED) is 0.523. The maximum atomic E-state index is 2.37. The monoisotopic (exact) mass is 204 g/mol. The van der Waals surface area contributed by atoms with E-state index in [0.717, 1.165) is 5.66 Å². The van der Waals surface area contributed by atoms with Gasteiger partial charge in [-0.15, -0.1) is 7.80 Å². The van der Waals surface area contributed by atoms with Crippen molar-refractivity contribution >= 4 is 14.8 Å². The molecule has 2 rings (SSSR count). The van der Waals surface area contributed by atoms with Crippen LogP contribution < -0.4 is 0 Å². The van der Waals surface area contributed by atoms with Crippen LogP contribution in [0.25, 0.3) is 0 Å². The molecule has 74 valence electrons. The van der Waals surface area contributed by atoms with Gasteiger partial charge in [0.15, 0.2) is 0 Å². The van der Waals surface area contributed by atoms with Gasteiger partial charge < -0.3 is 0 Å². The van der Waals surface area contributed by atoms with Gasteiger partial charge in [-0.25, -0.2) is 0 Å². The predicted molar refractivity (Wildman–Crippen MR) is 68.0 cm³/mol. The van der Waals surface area contributed by atoms with Crippen molar-refractivity contribution in [3.63, 3.8) is 0 Å². The van der Waals surface area contributed by atoms with Gasteiger partial charge in [-0.2, -0.15) is 0 Å². The van der Waals surface area contributed by atoms with Gasteiger partial charge in [0, 0.05) is 0 Å². The molecule has 1 aromatic carbocycles. The fraction of sp³-hybridized carbons (Fsp3) is 0.500. The Labute approximate surface area is 89.1 Å². The van der Waals surface area contributed by atoms with Crippen LogP contribution in [0.5, 0.6) is 0 Å². The van der Waals surface area contributed by atoms with Crippen molar-refractivity contribution in [1.29, 1.82) is 0 Å². The molecule has 1 aliphatic heterocycles. The highest BCUT2D eigenvalue weighted by atomic mass is 31.1. The highest BCUT2D eigenvalue weighted by Crippen LogP contribution is 2.49. The molecule has 1 fully saturated rings. The van der Waals surface area contributed by atoms with Crippen LogP contribution in [0.15, 0.2) is 30.3 Å². The molecule has 1 saturated heterocycles. The van der Waals surface area contributed by atoms with Crippen LogP contribution in [0.1, 0.15) is 18.4 Å². The van der Waals surface area contributed by atoms with Crippen molar-refractivity contribution in [1.82, 2.24) is 0 Å². The van der Waals surface area contributed by atoms with E-state index in [-0.39, 0.29) is 0 Å². The van der Waals surface area contributed by atoms with E-state index in [1.807, 2.05) is 0 Å². The van der Waals surface area contributed by atoms with Gasteiger partial charge in [0.25, 0.3) is 0 Å². The molecular weight excluding hydrogens is 186 g/mol. The van der Waals surface area contributed by atoms with E-state index in [9.17, 15) is 0 Å². The minimum Gasteiger partial charge on any atom is -0.141 e. The third-order valence-corrected chi connectivity index (χ3v) is 6.40. The van der Waals surface area contributed by atoms with Crippen LogP contribution in [-0.4, -0.2) is 18.8 Å². The maximum absolute atomic E-state index is 2.37. The zero-order chi connectivity index (χ0) is 9.80. The average Bonchev–Trinajstić information content (AvgIpc) is 2.67. The first-order chi connectivity index (χ1) is 6.90. The van der Waals surface area contributed by atoms with Crippen molar-refractivity contribution < 1.29 is 0 Å². The Morgan fingerprint density at radius 1 is 1.36 bits per heavy atom. The summed E-state index contributed by atoms with van der Waals surface area (Å²) in [6.07, 6.45) is 5.83. The number of hydrogen-bond donors (Lipinski definition) is 0. The Balaban J connectivity index is 1.97. The lowest BCUT2D eigenvalue weighted by Gasteiger charge is -2.18. The van der Waals surface area contributed by atoms with Gasteiger partial charge in [-0.3, -0.25) is 0 Å². The lowest BCUT2D eigenvalue weighted by Crippen LogP contribution is -2.06. The van der Waals surface area contributed by atoms with Crippen molar-refractivity contribution in [2.24, 2.45) is 0 Å². The Bertz CT molecular complexity index is 273. The van der Waals surface area contributed by atoms with Gasteiger partial charge >= 0.3 is 0 Å². The van der Waals surface area contributed by atoms with Gasteiger partial charge in [0.1, 0.15) is 7.00 Å². The summed E-state index contributed by atoms with van der Waals surface area (Å²) in [5.74, 6) is 0. The van der Waals surface area contributed by atoms with E-state index in [4.69, 9.17) is 0 Å². The standard InChI is InChI=1S/C12H18BP/c1-13-14-9-5-8-12(14)10-11-6-3-2-4-7-11/h2-4,6-7,12-13H,5,8-10H2,1H3. The molecule has 0 saturated carbocycles. The van der Waals surface area contributed by atoms with E-state index < -0.39 is 0 Å². The maximum Gasteiger partial charge on any atom is 0.149 e. The summed E-state index contributed by atoms with van der Waals surface area (Å²) in [6, 6.07) is 11.0. The Morgan fingerprint density at radius 2 is 2.14 bits per heavy atom. The fourth-order valence-electron chi connectivity index (χ4n) is 2.43. The largest absolute Gasteiger partial charge is 0.149 e. The minimum atomic E-state index is 0.370. The van der Waals surface area contributed by atoms with Gasteiger partial charge in [-0.05, 0) is 36.6 Å². The average molecular weight is 204 g/mol. The summed E-state index contributed by atoms with van der Waals surface area (Å²) in [6.45, 7) is 3.81. The van der Waals surface area contributed by atoms with Crippen molar-refractivity contribution in [2.75, 3.05) is 6.16 Å². The molecule has 2 unspecified atom stereocenters. The third kappa shape index (κ3) is 2.39. The molecule has 0 amide bonds. The van der Waals surface area contributed by atoms with E-state index in [2.05, 4.69) is 37.2 Å². The van der Waals surface area contributed by atoms with Crippen LogP contribution >= 0.6 is 7.80 Å². The van der Waals surface area contributed by atoms with E-state index in [0.29, 0.717) is 7.80 Å². The molecule has 0 bridgehead atoms. The van der Waals surface area contributed by atoms with Crippen molar-refractivity contribution in [3.8, 4) is 0 Å². The second-order valence-electron chi connectivity index (χ2n) is 4.11. The molecular formula is C12H18BP. The third-order valence-electron chi connectivity index (χ3n) is 3.22. The normalized spacial score (nSPS) is 26.4. The fourth-order valence-corrected chi connectivity index (χ4v) is 5.23. The molecule has 1 aromatic rings. The summed E-state index contributed by atoms with van der Waals surface area (Å²) < 4.78 is 0. The first-order valence-electron chi connectivity index (χ1n) is 5.68. The lowest BCUT2D eigenvalue weighted by molar-refractivity contribution is 0.775. The first kappa shape index (κ1) is 10.2. The van der Waals surface area contributed by atoms with E-state index >= 15 is 0 Å². The zero-order valence-corrected chi connectivity index (χ0v) is 9.84. The Hall–Kier alpha value is -0.285. The topological polar surface area (TPSA) is 0 Å². The zero-order valence-electron chi connectivity index (χ0n) is 8.95. The van der Waals surface area contributed by atoms with Crippen molar-refractivity contribution in [3.05, 3.63) is 35.9 Å². The van der Waals surface area contributed by atoms with Gasteiger partial charge in [0.2, 0.25) is 0 Å². The number of rotatable bonds is 3. The second kappa shape index (κ2) is 4.98. The molecule has 0 N–H and O–H groups in total. The summed E-state index contributed by atoms with van der Waals surface area (Å²) in [4.78, 5) is 0. The van der Waals surface area contributed by atoms with Gasteiger partial charge in [0.05, 0.1) is 0 Å². The number of benzene rings is 1. The Kier molecular flexibility index (Phi) is 3.64. The van der Waals surface area contributed by atoms with Crippen LogP contribution in [0.3, 0.4) is 0 Å². The molecule has 2 atom stereocenters. The highest BCUT2D eigenvalue weighted by Gasteiger charge is 2.24. The summed E-state index contributed by atoms with van der Waals surface area (Å²) in [5, 5.41) is 0. The summed E-state index contributed by atoms with van der Waals surface area (Å²) >= 11 is 0. The summed E-state index contributed by atoms with van der Waals surface area (Å²) in [7, 11) is 0.370. The molecule has 14 heavy (non-hydrogen) atoms. The first-order valence-corrected chi connectivity index (χ1v) is 7.46. The molecule has 1 aliphatic rings. The van der Waals surface area contributed by atoms with Gasteiger partial charge in [-0.1, -0.05) is 37.2 Å². The Morgan fingerprint density at radius 3 is 2.86 bits per heavy atom. The molecule has 2 heteroatoms. The second-order valence-corrected chi connectivity index (χ2v) is 7.10. The minimum absolute atomic E-state index is 0.370. The molecule has 0 aliphatic carbocycles. The molecule has 1 heterocycles. The SMILES string of the molecule is CBP1CCCC1Cc1ccccc1. The summed E-state index contributed by atoms with van der Waals surface area (Å²) in [5.41, 5.74) is 2.57. The highest BCUT2D eigenvalue weighted by molar-refractivity contribution is 7.86. The van der Waals surface area contributed by atoms with Crippen molar-refractivity contribution in [2.45, 2.75) is 31.7 Å². The molecule has 0 spiro atoms. The molecule has 0 radical (unpaired) electrons. The molecule has 0 aromatic heterocycles. The van der Waals surface area contributed by atoms with E-state index in [1.165, 1.54) is 32.4 Å². The molecule has 0 nitrogen and oxygen atoms in total. The van der Waals surface area contributed by atoms with Crippen LogP contribution in [0, 0.1) is 0 Å². The van der Waals surface area contributed by atoms with Crippen LogP contribution in [0.4, 0.5) is 0 Å². The smallest absolute Gasteiger partial charge is 0.141 e.